The van der Waals surface area contributed by atoms with Gasteiger partial charge in [0, 0.05) is 0 Å². The summed E-state index contributed by atoms with van der Waals surface area (Å²) in [7, 11) is -5.66. The molecule has 0 spiro atoms. The summed E-state index contributed by atoms with van der Waals surface area (Å²) in [6, 6.07) is 14.4. The smallest absolute Gasteiger partial charge is 0.351 e. The molecule has 9 heteroatoms. The fourth-order valence-corrected chi connectivity index (χ4v) is 3.67. The Morgan fingerprint density at radius 1 is 0.923 bits per heavy atom. The highest BCUT2D eigenvalue weighted by Crippen LogP contribution is 2.56. The Labute approximate surface area is 147 Å². The normalized spacial score (nSPS) is 14.8. The highest BCUT2D eigenvalue weighted by atomic mass is 31.2. The molecule has 0 saturated heterocycles. The average molecular weight is 378 g/mol. The number of carbonyl (C=O) groups is 3. The van der Waals surface area contributed by atoms with E-state index in [1.165, 1.54) is 24.3 Å². The number of hydrogen-bond acceptors (Lipinski definition) is 4. The van der Waals surface area contributed by atoms with Crippen LogP contribution in [0.4, 0.5) is 0 Å². The monoisotopic (exact) mass is 378 g/mol. The van der Waals surface area contributed by atoms with Crippen LogP contribution in [0.25, 0.3) is 11.1 Å². The number of carboxylic acid groups (broad SMARTS) is 2. The van der Waals surface area contributed by atoms with Crippen LogP contribution in [0.15, 0.2) is 54.6 Å². The summed E-state index contributed by atoms with van der Waals surface area (Å²) >= 11 is 0. The Balaban J connectivity index is 2.60. The van der Waals surface area contributed by atoms with Gasteiger partial charge in [-0.25, -0.2) is 0 Å². The molecule has 0 fully saturated rings. The third kappa shape index (κ3) is 3.30. The van der Waals surface area contributed by atoms with Gasteiger partial charge in [-0.3, -0.25) is 14.2 Å². The van der Waals surface area contributed by atoms with E-state index >= 15 is 0 Å². The minimum Gasteiger partial charge on any atom is -0.481 e. The predicted molar refractivity (Wildman–Crippen MR) is 90.7 cm³/mol. The van der Waals surface area contributed by atoms with Crippen LogP contribution >= 0.6 is 7.60 Å². The van der Waals surface area contributed by atoms with Gasteiger partial charge in [0.2, 0.25) is 5.16 Å². The molecule has 0 heterocycles. The molecule has 0 bridgehead atoms. The van der Waals surface area contributed by atoms with Crippen molar-refractivity contribution in [3.8, 4) is 11.1 Å². The highest BCUT2D eigenvalue weighted by molar-refractivity contribution is 7.56. The van der Waals surface area contributed by atoms with Crippen molar-refractivity contribution in [1.29, 1.82) is 0 Å². The van der Waals surface area contributed by atoms with E-state index in [9.17, 15) is 38.9 Å². The van der Waals surface area contributed by atoms with E-state index in [1.54, 1.807) is 24.3 Å². The topological polar surface area (TPSA) is 149 Å². The third-order valence-corrected chi connectivity index (χ3v) is 5.56. The number of aliphatic carboxylic acids is 2. The number of carboxylic acids is 2. The molecule has 8 nitrogen and oxygen atoms in total. The van der Waals surface area contributed by atoms with Gasteiger partial charge < -0.3 is 24.8 Å². The van der Waals surface area contributed by atoms with Crippen LogP contribution in [0.3, 0.4) is 0 Å². The van der Waals surface area contributed by atoms with Gasteiger partial charge in [0.15, 0.2) is 6.29 Å². The molecule has 2 rings (SSSR count). The number of carbonyl (C=O) groups excluding carboxylic acids is 1. The molecular weight excluding hydrogens is 363 g/mol. The van der Waals surface area contributed by atoms with Crippen molar-refractivity contribution >= 4 is 25.8 Å². The van der Waals surface area contributed by atoms with E-state index in [0.717, 1.165) is 5.56 Å². The second kappa shape index (κ2) is 7.21. The first-order chi connectivity index (χ1) is 12.1. The first-order valence-electron chi connectivity index (χ1n) is 7.28. The maximum Gasteiger partial charge on any atom is 0.351 e. The van der Waals surface area contributed by atoms with Crippen LogP contribution in [0.2, 0.25) is 0 Å². The van der Waals surface area contributed by atoms with E-state index in [4.69, 9.17) is 0 Å². The zero-order valence-corrected chi connectivity index (χ0v) is 14.1. The highest BCUT2D eigenvalue weighted by Gasteiger charge is 2.63. The number of rotatable bonds is 7. The molecular formula is C17H15O8P. The lowest BCUT2D eigenvalue weighted by atomic mass is 9.85. The van der Waals surface area contributed by atoms with Crippen LogP contribution in [0, 0.1) is 0 Å². The van der Waals surface area contributed by atoms with Gasteiger partial charge >= 0.3 is 19.5 Å². The largest absolute Gasteiger partial charge is 0.481 e. The van der Waals surface area contributed by atoms with Gasteiger partial charge in [-0.05, 0) is 16.7 Å². The zero-order valence-electron chi connectivity index (χ0n) is 13.2. The van der Waals surface area contributed by atoms with Crippen molar-refractivity contribution in [1.82, 2.24) is 0 Å². The molecule has 0 aliphatic rings. The Hall–Kier alpha value is -2.80. The third-order valence-electron chi connectivity index (χ3n) is 4.04. The van der Waals surface area contributed by atoms with Crippen LogP contribution in [0.1, 0.15) is 11.5 Å². The quantitative estimate of drug-likeness (QED) is 0.323. The molecule has 0 aliphatic heterocycles. The van der Waals surface area contributed by atoms with Gasteiger partial charge in [-0.1, -0.05) is 54.6 Å². The van der Waals surface area contributed by atoms with Gasteiger partial charge in [-0.15, -0.1) is 0 Å². The summed E-state index contributed by atoms with van der Waals surface area (Å²) in [5.74, 6) is -6.31. The first-order valence-corrected chi connectivity index (χ1v) is 8.90. The van der Waals surface area contributed by atoms with Crippen molar-refractivity contribution < 1.29 is 38.9 Å². The van der Waals surface area contributed by atoms with E-state index in [2.05, 4.69) is 0 Å². The lowest BCUT2D eigenvalue weighted by Crippen LogP contribution is -2.49. The van der Waals surface area contributed by atoms with E-state index in [1.807, 2.05) is 6.07 Å². The Bertz CT molecular complexity index is 871. The Morgan fingerprint density at radius 3 is 1.81 bits per heavy atom. The molecule has 136 valence electrons. The van der Waals surface area contributed by atoms with E-state index in [0.29, 0.717) is 5.56 Å². The Kier molecular flexibility index (Phi) is 5.41. The average Bonchev–Trinajstić information content (AvgIpc) is 2.58. The van der Waals surface area contributed by atoms with E-state index in [-0.39, 0.29) is 5.56 Å². The van der Waals surface area contributed by atoms with Crippen LogP contribution in [-0.4, -0.2) is 43.4 Å². The molecule has 0 amide bonds. The van der Waals surface area contributed by atoms with Crippen molar-refractivity contribution in [2.24, 2.45) is 0 Å². The van der Waals surface area contributed by atoms with Crippen molar-refractivity contribution in [2.75, 3.05) is 0 Å². The predicted octanol–water partition coefficient (Wildman–Crippen LogP) is 1.72. The van der Waals surface area contributed by atoms with Crippen molar-refractivity contribution in [3.05, 3.63) is 60.2 Å². The Morgan fingerprint density at radius 2 is 1.42 bits per heavy atom. The summed E-state index contributed by atoms with van der Waals surface area (Å²) < 4.78 is 11.8. The molecule has 2 unspecified atom stereocenters. The minimum absolute atomic E-state index is 0.213. The molecule has 2 aromatic rings. The molecule has 0 aromatic heterocycles. The van der Waals surface area contributed by atoms with Gasteiger partial charge in [0.25, 0.3) is 0 Å². The maximum atomic E-state index is 11.8. The van der Waals surface area contributed by atoms with Crippen molar-refractivity contribution in [2.45, 2.75) is 11.1 Å². The second-order valence-electron chi connectivity index (χ2n) is 5.55. The fraction of sp³-hybridized carbons (Fsp3) is 0.118. The first kappa shape index (κ1) is 19.5. The van der Waals surface area contributed by atoms with E-state index < -0.39 is 36.9 Å². The number of benzene rings is 2. The van der Waals surface area contributed by atoms with Gasteiger partial charge in [0.05, 0.1) is 0 Å². The van der Waals surface area contributed by atoms with Gasteiger partial charge in [0.1, 0.15) is 5.92 Å². The van der Waals surface area contributed by atoms with Crippen LogP contribution in [0.5, 0.6) is 0 Å². The minimum atomic E-state index is -5.66. The molecule has 0 radical (unpaired) electrons. The van der Waals surface area contributed by atoms with Crippen LogP contribution in [-0.2, 0) is 18.9 Å². The number of hydrogen-bond donors (Lipinski definition) is 4. The second-order valence-corrected chi connectivity index (χ2v) is 7.38. The molecule has 2 aromatic carbocycles. The molecule has 26 heavy (non-hydrogen) atoms. The maximum absolute atomic E-state index is 11.8. The molecule has 0 aliphatic carbocycles. The molecule has 4 N–H and O–H groups in total. The summed E-state index contributed by atoms with van der Waals surface area (Å²) in [5, 5.41) is 15.3. The van der Waals surface area contributed by atoms with Gasteiger partial charge in [-0.2, -0.15) is 0 Å². The summed E-state index contributed by atoms with van der Waals surface area (Å²) in [5.41, 5.74) is 1.28. The summed E-state index contributed by atoms with van der Waals surface area (Å²) in [4.78, 5) is 53.4. The van der Waals surface area contributed by atoms with Crippen LogP contribution < -0.4 is 0 Å². The summed E-state index contributed by atoms with van der Waals surface area (Å²) in [6.45, 7) is 0. The number of aldehydes is 1. The standard InChI is InChI=1S/C17H15O8P/c18-10-17(16(21)22,26(23,24)25)14(15(19)20)13-8-6-12(7-9-13)11-4-2-1-3-5-11/h1-10,14H,(H,19,20)(H,21,22)(H2,23,24,25). The zero-order chi connectivity index (χ0) is 19.5. The summed E-state index contributed by atoms with van der Waals surface area (Å²) in [6.07, 6.45) is -0.500. The molecule has 0 saturated carbocycles. The lowest BCUT2D eigenvalue weighted by Gasteiger charge is -2.30. The fourth-order valence-electron chi connectivity index (χ4n) is 2.69. The van der Waals surface area contributed by atoms with Crippen molar-refractivity contribution in [3.63, 3.8) is 0 Å². The molecule has 2 atom stereocenters. The lowest BCUT2D eigenvalue weighted by molar-refractivity contribution is -0.150. The SMILES string of the molecule is O=CC(C(=O)O)(C(C(=O)O)c1ccc(-c2ccccc2)cc1)P(=O)(O)O.